The number of hydrogen-bond donors (Lipinski definition) is 3. The Kier molecular flexibility index (Phi) is 4.64. The van der Waals surface area contributed by atoms with Crippen molar-refractivity contribution in [2.45, 2.75) is 24.8 Å². The summed E-state index contributed by atoms with van der Waals surface area (Å²) in [5, 5.41) is 20.6. The SMILES string of the molecule is Cl.OC(O)(C1CCNCC1)C(F)(F)F. The second-order valence-electron chi connectivity index (χ2n) is 3.25. The number of rotatable bonds is 1. The van der Waals surface area contributed by atoms with Gasteiger partial charge in [-0.1, -0.05) is 0 Å². The molecule has 0 amide bonds. The molecule has 0 aliphatic carbocycles. The average Bonchev–Trinajstić information content (AvgIpc) is 2.04. The summed E-state index contributed by atoms with van der Waals surface area (Å²) in [4.78, 5) is 0. The second-order valence-corrected chi connectivity index (χ2v) is 3.25. The predicted octanol–water partition coefficient (Wildman–Crippen LogP) is 0.651. The lowest BCUT2D eigenvalue weighted by Crippen LogP contribution is -2.53. The zero-order valence-electron chi connectivity index (χ0n) is 7.34. The molecule has 1 rings (SSSR count). The predicted molar refractivity (Wildman–Crippen MR) is 46.1 cm³/mol. The van der Waals surface area contributed by atoms with Crippen LogP contribution in [0, 0.1) is 5.92 Å². The summed E-state index contributed by atoms with van der Waals surface area (Å²) in [5.41, 5.74) is 0. The number of halogens is 4. The van der Waals surface area contributed by atoms with Gasteiger partial charge in [0.1, 0.15) is 0 Å². The van der Waals surface area contributed by atoms with Gasteiger partial charge in [0.05, 0.1) is 0 Å². The maximum Gasteiger partial charge on any atom is 0.443 e. The van der Waals surface area contributed by atoms with Crippen molar-refractivity contribution in [2.24, 2.45) is 5.92 Å². The molecule has 7 heteroatoms. The van der Waals surface area contributed by atoms with Gasteiger partial charge >= 0.3 is 6.18 Å². The number of aliphatic hydroxyl groups is 2. The van der Waals surface area contributed by atoms with E-state index in [1.54, 1.807) is 0 Å². The van der Waals surface area contributed by atoms with Crippen LogP contribution in [0.3, 0.4) is 0 Å². The highest BCUT2D eigenvalue weighted by Gasteiger charge is 2.57. The van der Waals surface area contributed by atoms with Gasteiger partial charge in [-0.3, -0.25) is 0 Å². The first-order chi connectivity index (χ1) is 5.86. The van der Waals surface area contributed by atoms with Crippen LogP contribution >= 0.6 is 12.4 Å². The molecule has 1 aliphatic rings. The molecule has 0 unspecified atom stereocenters. The molecule has 0 aromatic carbocycles. The van der Waals surface area contributed by atoms with Gasteiger partial charge in [0, 0.05) is 5.92 Å². The summed E-state index contributed by atoms with van der Waals surface area (Å²) >= 11 is 0. The molecule has 1 heterocycles. The molecule has 0 aromatic heterocycles. The fourth-order valence-corrected chi connectivity index (χ4v) is 1.46. The molecule has 0 saturated carbocycles. The van der Waals surface area contributed by atoms with Gasteiger partial charge < -0.3 is 15.5 Å². The van der Waals surface area contributed by atoms with Crippen molar-refractivity contribution in [3.8, 4) is 0 Å². The van der Waals surface area contributed by atoms with Crippen molar-refractivity contribution in [1.82, 2.24) is 5.32 Å². The van der Waals surface area contributed by atoms with Crippen LogP contribution in [-0.4, -0.2) is 35.3 Å². The van der Waals surface area contributed by atoms with E-state index in [4.69, 9.17) is 10.2 Å². The van der Waals surface area contributed by atoms with Gasteiger partial charge in [0.2, 0.25) is 0 Å². The third-order valence-corrected chi connectivity index (χ3v) is 2.33. The van der Waals surface area contributed by atoms with E-state index in [0.717, 1.165) is 0 Å². The van der Waals surface area contributed by atoms with Crippen LogP contribution in [0.25, 0.3) is 0 Å². The van der Waals surface area contributed by atoms with E-state index in [9.17, 15) is 13.2 Å². The Labute approximate surface area is 85.7 Å². The lowest BCUT2D eigenvalue weighted by Gasteiger charge is -2.35. The Morgan fingerprint density at radius 1 is 1.07 bits per heavy atom. The summed E-state index contributed by atoms with van der Waals surface area (Å²) < 4.78 is 36.3. The molecule has 0 spiro atoms. The molecule has 3 N–H and O–H groups in total. The number of nitrogens with one attached hydrogen (secondary N) is 1. The number of hydrogen-bond acceptors (Lipinski definition) is 3. The first-order valence-electron chi connectivity index (χ1n) is 4.08. The minimum atomic E-state index is -4.96. The standard InChI is InChI=1S/C7H12F3NO2.ClH/c8-7(9,10)6(12,13)5-1-3-11-4-2-5;/h5,11-13H,1-4H2;1H. The minimum absolute atomic E-state index is 0. The molecular formula is C7H13ClF3NO2. The zero-order chi connectivity index (χ0) is 10.1. The molecule has 0 aromatic rings. The lowest BCUT2D eigenvalue weighted by atomic mass is 9.89. The summed E-state index contributed by atoms with van der Waals surface area (Å²) in [5.74, 6) is -4.65. The maximum absolute atomic E-state index is 12.1. The smallest absolute Gasteiger partial charge is 0.358 e. The third kappa shape index (κ3) is 2.73. The van der Waals surface area contributed by atoms with Crippen LogP contribution in [0.4, 0.5) is 13.2 Å². The van der Waals surface area contributed by atoms with E-state index in [1.807, 2.05) is 0 Å². The Hall–Kier alpha value is -0.0400. The molecule has 1 aliphatic heterocycles. The van der Waals surface area contributed by atoms with Crippen LogP contribution in [0.5, 0.6) is 0 Å². The highest BCUT2D eigenvalue weighted by molar-refractivity contribution is 5.85. The second kappa shape index (κ2) is 4.65. The third-order valence-electron chi connectivity index (χ3n) is 2.33. The quantitative estimate of drug-likeness (QED) is 0.585. The van der Waals surface area contributed by atoms with Crippen LogP contribution < -0.4 is 5.32 Å². The van der Waals surface area contributed by atoms with E-state index < -0.39 is 17.9 Å². The maximum atomic E-state index is 12.1. The van der Waals surface area contributed by atoms with Gasteiger partial charge in [-0.2, -0.15) is 13.2 Å². The van der Waals surface area contributed by atoms with Crippen molar-refractivity contribution < 1.29 is 23.4 Å². The first-order valence-corrected chi connectivity index (χ1v) is 4.08. The molecule has 86 valence electrons. The van der Waals surface area contributed by atoms with Gasteiger partial charge in [-0.25, -0.2) is 0 Å². The van der Waals surface area contributed by atoms with E-state index in [-0.39, 0.29) is 25.2 Å². The van der Waals surface area contributed by atoms with E-state index in [1.165, 1.54) is 0 Å². The molecule has 0 atom stereocenters. The van der Waals surface area contributed by atoms with Gasteiger partial charge in [-0.05, 0) is 25.9 Å². The van der Waals surface area contributed by atoms with Crippen LogP contribution in [0.15, 0.2) is 0 Å². The molecule has 3 nitrogen and oxygen atoms in total. The summed E-state index contributed by atoms with van der Waals surface area (Å²) in [6.07, 6.45) is -4.70. The molecule has 14 heavy (non-hydrogen) atoms. The van der Waals surface area contributed by atoms with Crippen molar-refractivity contribution in [2.75, 3.05) is 13.1 Å². The van der Waals surface area contributed by atoms with Crippen molar-refractivity contribution >= 4 is 12.4 Å². The minimum Gasteiger partial charge on any atom is -0.358 e. The zero-order valence-corrected chi connectivity index (χ0v) is 8.16. The van der Waals surface area contributed by atoms with Crippen molar-refractivity contribution in [3.05, 3.63) is 0 Å². The van der Waals surface area contributed by atoms with E-state index >= 15 is 0 Å². The molecular weight excluding hydrogens is 223 g/mol. The molecule has 1 fully saturated rings. The van der Waals surface area contributed by atoms with Crippen LogP contribution in [0.1, 0.15) is 12.8 Å². The summed E-state index contributed by atoms with van der Waals surface area (Å²) in [6, 6.07) is 0. The normalized spacial score (nSPS) is 20.4. The highest BCUT2D eigenvalue weighted by atomic mass is 35.5. The van der Waals surface area contributed by atoms with Crippen LogP contribution in [0.2, 0.25) is 0 Å². The Morgan fingerprint density at radius 3 is 1.86 bits per heavy atom. The van der Waals surface area contributed by atoms with Gasteiger partial charge in [-0.15, -0.1) is 12.4 Å². The summed E-state index contributed by atoms with van der Waals surface area (Å²) in [7, 11) is 0. The van der Waals surface area contributed by atoms with Gasteiger partial charge in [0.25, 0.3) is 5.79 Å². The van der Waals surface area contributed by atoms with Gasteiger partial charge in [0.15, 0.2) is 0 Å². The summed E-state index contributed by atoms with van der Waals surface area (Å²) in [6.45, 7) is 0.785. The molecule has 0 bridgehead atoms. The highest BCUT2D eigenvalue weighted by Crippen LogP contribution is 2.37. The van der Waals surface area contributed by atoms with Crippen molar-refractivity contribution in [3.63, 3.8) is 0 Å². The lowest BCUT2D eigenvalue weighted by molar-refractivity contribution is -0.371. The van der Waals surface area contributed by atoms with Crippen LogP contribution in [-0.2, 0) is 0 Å². The largest absolute Gasteiger partial charge is 0.443 e. The topological polar surface area (TPSA) is 52.5 Å². The fourth-order valence-electron chi connectivity index (χ4n) is 1.46. The fraction of sp³-hybridized carbons (Fsp3) is 1.00. The molecule has 1 saturated heterocycles. The monoisotopic (exact) mass is 235 g/mol. The number of piperidine rings is 1. The van der Waals surface area contributed by atoms with E-state index in [2.05, 4.69) is 5.32 Å². The number of alkyl halides is 3. The Morgan fingerprint density at radius 2 is 1.50 bits per heavy atom. The Balaban J connectivity index is 0.00000169. The first kappa shape index (κ1) is 14.0. The van der Waals surface area contributed by atoms with E-state index in [0.29, 0.717) is 13.1 Å². The van der Waals surface area contributed by atoms with Crippen molar-refractivity contribution in [1.29, 1.82) is 0 Å². The average molecular weight is 236 g/mol. The molecule has 0 radical (unpaired) electrons. The Bertz CT molecular complexity index is 180.